The van der Waals surface area contributed by atoms with E-state index in [9.17, 15) is 0 Å². The number of hydrogen-bond acceptors (Lipinski definition) is 5. The number of imidazole rings is 1. The van der Waals surface area contributed by atoms with Gasteiger partial charge in [-0.1, -0.05) is 47.5 Å². The van der Waals surface area contributed by atoms with E-state index in [1.54, 1.807) is 17.8 Å². The van der Waals surface area contributed by atoms with Crippen LogP contribution >= 0.6 is 35.0 Å². The summed E-state index contributed by atoms with van der Waals surface area (Å²) in [4.78, 5) is 13.7. The van der Waals surface area contributed by atoms with E-state index in [1.807, 2.05) is 30.7 Å². The Kier molecular flexibility index (Phi) is 5.60. The topological polar surface area (TPSA) is 45.5 Å². The highest BCUT2D eigenvalue weighted by Gasteiger charge is 2.44. The Morgan fingerprint density at radius 3 is 2.77 bits per heavy atom. The van der Waals surface area contributed by atoms with Gasteiger partial charge in [-0.3, -0.25) is 4.40 Å². The molecule has 0 bridgehead atoms. The van der Waals surface area contributed by atoms with E-state index in [4.69, 9.17) is 28.2 Å². The van der Waals surface area contributed by atoms with Crippen LogP contribution in [0, 0.1) is 5.41 Å². The molecule has 1 saturated heterocycles. The maximum absolute atomic E-state index is 6.39. The molecule has 1 saturated carbocycles. The van der Waals surface area contributed by atoms with Gasteiger partial charge in [0, 0.05) is 42.6 Å². The molecule has 1 aliphatic carbocycles. The third-order valence-electron chi connectivity index (χ3n) is 6.81. The quantitative estimate of drug-likeness (QED) is 0.551. The summed E-state index contributed by atoms with van der Waals surface area (Å²) < 4.78 is 2.10. The lowest BCUT2D eigenvalue weighted by molar-refractivity contribution is 0.177. The van der Waals surface area contributed by atoms with Crippen molar-refractivity contribution in [3.8, 4) is 0 Å². The number of anilines is 1. The highest BCUT2D eigenvalue weighted by molar-refractivity contribution is 7.99. The summed E-state index contributed by atoms with van der Waals surface area (Å²) in [5.41, 5.74) is 1.36. The van der Waals surface area contributed by atoms with Gasteiger partial charge in [-0.05, 0) is 50.3 Å². The van der Waals surface area contributed by atoms with Gasteiger partial charge in [-0.2, -0.15) is 0 Å². The first-order chi connectivity index (χ1) is 14.6. The summed E-state index contributed by atoms with van der Waals surface area (Å²) in [5, 5.41) is 4.69. The second-order valence-electron chi connectivity index (χ2n) is 8.28. The fourth-order valence-corrected chi connectivity index (χ4v) is 6.61. The molecule has 30 heavy (non-hydrogen) atoms. The molecule has 3 heterocycles. The van der Waals surface area contributed by atoms with Crippen molar-refractivity contribution in [3.63, 3.8) is 0 Å². The van der Waals surface area contributed by atoms with Crippen LogP contribution in [0.1, 0.15) is 32.1 Å². The van der Waals surface area contributed by atoms with Gasteiger partial charge >= 0.3 is 0 Å². The lowest BCUT2D eigenvalue weighted by atomic mass is 9.74. The highest BCUT2D eigenvalue weighted by atomic mass is 35.5. The summed E-state index contributed by atoms with van der Waals surface area (Å²) in [6, 6.07) is 6.33. The molecular formula is C22H25Cl2N5S. The van der Waals surface area contributed by atoms with E-state index in [0.717, 1.165) is 34.5 Å². The van der Waals surface area contributed by atoms with Gasteiger partial charge < -0.3 is 10.2 Å². The number of benzene rings is 1. The Morgan fingerprint density at radius 2 is 1.97 bits per heavy atom. The van der Waals surface area contributed by atoms with Crippen LogP contribution < -0.4 is 10.2 Å². The lowest BCUT2D eigenvalue weighted by Gasteiger charge is -2.43. The van der Waals surface area contributed by atoms with Crippen LogP contribution in [0.3, 0.4) is 0 Å². The molecule has 0 amide bonds. The van der Waals surface area contributed by atoms with Gasteiger partial charge in [-0.25, -0.2) is 9.97 Å². The molecule has 3 aromatic rings. The van der Waals surface area contributed by atoms with E-state index < -0.39 is 0 Å². The predicted molar refractivity (Wildman–Crippen MR) is 124 cm³/mol. The van der Waals surface area contributed by atoms with Crippen LogP contribution in [0.15, 0.2) is 46.6 Å². The average molecular weight is 462 g/mol. The number of halogens is 2. The molecule has 5 rings (SSSR count). The first kappa shape index (κ1) is 20.4. The van der Waals surface area contributed by atoms with E-state index in [0.29, 0.717) is 21.5 Å². The Balaban J connectivity index is 1.40. The fraction of sp³-hybridized carbons (Fsp3) is 0.455. The minimum atomic E-state index is 0.457. The number of fused-ring (bicyclic) bond motifs is 1. The van der Waals surface area contributed by atoms with Crippen LogP contribution in [0.2, 0.25) is 10.0 Å². The Morgan fingerprint density at radius 1 is 1.13 bits per heavy atom. The molecule has 2 aromatic heterocycles. The molecule has 5 nitrogen and oxygen atoms in total. The monoisotopic (exact) mass is 461 g/mol. The van der Waals surface area contributed by atoms with E-state index in [2.05, 4.69) is 26.6 Å². The first-order valence-corrected chi connectivity index (χ1v) is 12.0. The number of aromatic nitrogens is 3. The summed E-state index contributed by atoms with van der Waals surface area (Å²) in [6.07, 6.45) is 12.2. The van der Waals surface area contributed by atoms with Crippen LogP contribution in [0.4, 0.5) is 5.95 Å². The van der Waals surface area contributed by atoms with Crippen molar-refractivity contribution >= 4 is 46.6 Å². The highest BCUT2D eigenvalue weighted by Crippen LogP contribution is 2.47. The SMILES string of the molecule is CN[C@@H]1CCCC12CCN(c1ncc(Sc3cccc(Cl)c3Cl)c3nccn13)CC2. The van der Waals surface area contributed by atoms with Crippen molar-refractivity contribution < 1.29 is 0 Å². The van der Waals surface area contributed by atoms with E-state index in [-0.39, 0.29) is 0 Å². The van der Waals surface area contributed by atoms with Crippen molar-refractivity contribution in [1.82, 2.24) is 19.7 Å². The first-order valence-electron chi connectivity index (χ1n) is 10.5. The van der Waals surface area contributed by atoms with Gasteiger partial charge in [-0.15, -0.1) is 0 Å². The molecule has 1 N–H and O–H groups in total. The minimum Gasteiger partial charge on any atom is -0.342 e. The van der Waals surface area contributed by atoms with Gasteiger partial charge in [0.25, 0.3) is 0 Å². The summed E-state index contributed by atoms with van der Waals surface area (Å²) in [5.74, 6) is 0.970. The molecule has 0 radical (unpaired) electrons. The zero-order valence-electron chi connectivity index (χ0n) is 16.9. The Labute approximate surface area is 191 Å². The molecule has 1 atom stereocenters. The summed E-state index contributed by atoms with van der Waals surface area (Å²) in [6.45, 7) is 2.07. The third-order valence-corrected chi connectivity index (χ3v) is 8.81. The van der Waals surface area contributed by atoms with Gasteiger partial charge in [0.2, 0.25) is 5.95 Å². The maximum Gasteiger partial charge on any atom is 0.211 e. The van der Waals surface area contributed by atoms with Gasteiger partial charge in [0.1, 0.15) is 0 Å². The summed E-state index contributed by atoms with van der Waals surface area (Å²) >= 11 is 14.1. The molecule has 8 heteroatoms. The van der Waals surface area contributed by atoms with Crippen LogP contribution in [0.5, 0.6) is 0 Å². The van der Waals surface area contributed by atoms with Crippen molar-refractivity contribution in [1.29, 1.82) is 0 Å². The largest absolute Gasteiger partial charge is 0.342 e. The number of nitrogens with zero attached hydrogens (tertiary/aromatic N) is 4. The van der Waals surface area contributed by atoms with Crippen LogP contribution in [-0.2, 0) is 0 Å². The molecular weight excluding hydrogens is 437 g/mol. The smallest absolute Gasteiger partial charge is 0.211 e. The Hall–Kier alpha value is -1.47. The minimum absolute atomic E-state index is 0.457. The predicted octanol–water partition coefficient (Wildman–Crippen LogP) is 5.55. The molecule has 1 aromatic carbocycles. The summed E-state index contributed by atoms with van der Waals surface area (Å²) in [7, 11) is 2.11. The van der Waals surface area contributed by atoms with Crippen molar-refractivity contribution in [2.24, 2.45) is 5.41 Å². The zero-order valence-corrected chi connectivity index (χ0v) is 19.3. The van der Waals surface area contributed by atoms with Crippen molar-refractivity contribution in [2.45, 2.75) is 47.9 Å². The molecule has 0 unspecified atom stereocenters. The zero-order chi connectivity index (χ0) is 20.7. The number of piperidine rings is 1. The number of hydrogen-bond donors (Lipinski definition) is 1. The molecule has 2 fully saturated rings. The standard InChI is InChI=1S/C22H25Cl2N5S/c1-25-18-6-3-7-22(18)8-11-28(12-9-22)21-27-14-17(20-26-10-13-29(20)21)30-16-5-2-4-15(23)19(16)24/h2,4-5,10,13-14,18,25H,3,6-9,11-12H2,1H3/t18-/m1/s1. The second kappa shape index (κ2) is 8.23. The van der Waals surface area contributed by atoms with Crippen molar-refractivity contribution in [2.75, 3.05) is 25.0 Å². The molecule has 2 aliphatic rings. The lowest BCUT2D eigenvalue weighted by Crippen LogP contribution is -2.48. The van der Waals surface area contributed by atoms with E-state index >= 15 is 0 Å². The molecule has 1 aliphatic heterocycles. The second-order valence-corrected chi connectivity index (χ2v) is 10.1. The number of rotatable bonds is 4. The molecule has 158 valence electrons. The fourth-order valence-electron chi connectivity index (χ4n) is 5.21. The van der Waals surface area contributed by atoms with Gasteiger partial charge in [0.15, 0.2) is 5.65 Å². The number of nitrogens with one attached hydrogen (secondary N) is 1. The van der Waals surface area contributed by atoms with Crippen molar-refractivity contribution in [3.05, 3.63) is 46.8 Å². The van der Waals surface area contributed by atoms with Crippen LogP contribution in [0.25, 0.3) is 5.65 Å². The molecule has 1 spiro atoms. The Bertz CT molecular complexity index is 1060. The average Bonchev–Trinajstić information content (AvgIpc) is 3.40. The third kappa shape index (κ3) is 3.48. The van der Waals surface area contributed by atoms with Crippen LogP contribution in [-0.4, -0.2) is 40.5 Å². The maximum atomic E-state index is 6.39. The van der Waals surface area contributed by atoms with E-state index in [1.165, 1.54) is 32.1 Å². The normalized spacial score (nSPS) is 21.0. The van der Waals surface area contributed by atoms with Gasteiger partial charge in [0.05, 0.1) is 14.9 Å².